The number of allylic oxidation sites excluding steroid dienone is 4. The van der Waals surface area contributed by atoms with Crippen LogP contribution in [0.25, 0.3) is 65.7 Å². The van der Waals surface area contributed by atoms with Crippen LogP contribution in [0.4, 0.5) is 0 Å². The van der Waals surface area contributed by atoms with Crippen LogP contribution in [0.15, 0.2) is 144 Å². The molecule has 1 heterocycles. The fourth-order valence-corrected chi connectivity index (χ4v) is 6.16. The van der Waals surface area contributed by atoms with Crippen LogP contribution in [0.1, 0.15) is 12.0 Å². The second-order valence-electron chi connectivity index (χ2n) is 10.9. The Bertz CT molecular complexity index is 2210. The zero-order valence-electron chi connectivity index (χ0n) is 22.5. The number of fused-ring (bicyclic) bond motifs is 5. The molecule has 1 N–H and O–H groups in total. The van der Waals surface area contributed by atoms with Gasteiger partial charge in [-0.15, -0.1) is 0 Å². The highest BCUT2D eigenvalue weighted by Gasteiger charge is 2.19. The lowest BCUT2D eigenvalue weighted by molar-refractivity contribution is 0.670. The third kappa shape index (κ3) is 4.08. The molecule has 0 bridgehead atoms. The third-order valence-corrected chi connectivity index (χ3v) is 8.38. The molecule has 0 saturated carbocycles. The summed E-state index contributed by atoms with van der Waals surface area (Å²) >= 11 is 0. The van der Waals surface area contributed by atoms with Crippen molar-refractivity contribution in [3.05, 3.63) is 145 Å². The average Bonchev–Trinajstić information content (AvgIpc) is 3.42. The standard InChI is InChI=1S/C39H27NO/c40-38(27-10-2-1-3-11-27)32-18-19-37-35(22-32)36-24-33(30-16-14-25-8-4-6-12-28(25)20-30)23-34(39(36)41-37)31-17-15-26-9-5-7-13-29(26)21-31/h1-10,12-24,27,40H,11H2. The van der Waals surface area contributed by atoms with Gasteiger partial charge in [-0.2, -0.15) is 0 Å². The highest BCUT2D eigenvalue weighted by atomic mass is 16.3. The van der Waals surface area contributed by atoms with E-state index in [2.05, 4.69) is 121 Å². The fourth-order valence-electron chi connectivity index (χ4n) is 6.16. The zero-order chi connectivity index (χ0) is 27.3. The monoisotopic (exact) mass is 525 g/mol. The van der Waals surface area contributed by atoms with Gasteiger partial charge in [0.05, 0.1) is 0 Å². The summed E-state index contributed by atoms with van der Waals surface area (Å²) in [5.74, 6) is 0.0944. The first-order chi connectivity index (χ1) is 20.2. The van der Waals surface area contributed by atoms with E-state index in [1.165, 1.54) is 27.1 Å². The Morgan fingerprint density at radius 1 is 0.610 bits per heavy atom. The Balaban J connectivity index is 1.37. The summed E-state index contributed by atoms with van der Waals surface area (Å²) in [6.07, 6.45) is 9.21. The molecule has 1 unspecified atom stereocenters. The fraction of sp³-hybridized carbons (Fsp3) is 0.0513. The van der Waals surface area contributed by atoms with Crippen LogP contribution in [0, 0.1) is 11.3 Å². The summed E-state index contributed by atoms with van der Waals surface area (Å²) in [6, 6.07) is 41.0. The van der Waals surface area contributed by atoms with Crippen LogP contribution >= 0.6 is 0 Å². The molecule has 6 aromatic carbocycles. The van der Waals surface area contributed by atoms with Gasteiger partial charge in [0.1, 0.15) is 11.2 Å². The minimum Gasteiger partial charge on any atom is -0.455 e. The van der Waals surface area contributed by atoms with Gasteiger partial charge in [-0.1, -0.05) is 97.1 Å². The van der Waals surface area contributed by atoms with E-state index in [1.54, 1.807) is 0 Å². The molecule has 0 radical (unpaired) electrons. The maximum absolute atomic E-state index is 8.95. The Morgan fingerprint density at radius 3 is 2.05 bits per heavy atom. The highest BCUT2D eigenvalue weighted by Crippen LogP contribution is 2.41. The predicted octanol–water partition coefficient (Wildman–Crippen LogP) is 10.7. The van der Waals surface area contributed by atoms with Crippen LogP contribution in [-0.2, 0) is 0 Å². The summed E-state index contributed by atoms with van der Waals surface area (Å²) in [4.78, 5) is 0. The molecule has 1 atom stereocenters. The molecule has 2 heteroatoms. The minimum absolute atomic E-state index is 0.0944. The molecule has 0 fully saturated rings. The summed E-state index contributed by atoms with van der Waals surface area (Å²) in [5, 5.41) is 15.9. The highest BCUT2D eigenvalue weighted by molar-refractivity contribution is 6.14. The smallest absolute Gasteiger partial charge is 0.143 e. The number of nitrogens with one attached hydrogen (secondary N) is 1. The molecule has 0 spiro atoms. The maximum atomic E-state index is 8.95. The topological polar surface area (TPSA) is 37.0 Å². The van der Waals surface area contributed by atoms with E-state index in [-0.39, 0.29) is 5.92 Å². The van der Waals surface area contributed by atoms with Crippen molar-refractivity contribution >= 4 is 49.2 Å². The second kappa shape index (κ2) is 9.46. The quantitative estimate of drug-likeness (QED) is 0.228. The molecule has 1 aliphatic rings. The molecule has 1 aromatic heterocycles. The van der Waals surface area contributed by atoms with Crippen molar-refractivity contribution in [2.75, 3.05) is 0 Å². The molecule has 0 aliphatic heterocycles. The van der Waals surface area contributed by atoms with E-state index in [9.17, 15) is 0 Å². The van der Waals surface area contributed by atoms with Crippen LogP contribution in [0.3, 0.4) is 0 Å². The van der Waals surface area contributed by atoms with Crippen molar-refractivity contribution in [2.24, 2.45) is 5.92 Å². The molecular weight excluding hydrogens is 498 g/mol. The van der Waals surface area contributed by atoms with E-state index in [4.69, 9.17) is 9.83 Å². The first-order valence-electron chi connectivity index (χ1n) is 14.1. The van der Waals surface area contributed by atoms with E-state index in [0.29, 0.717) is 5.71 Å². The lowest BCUT2D eigenvalue weighted by Crippen LogP contribution is -2.12. The second-order valence-corrected chi connectivity index (χ2v) is 10.9. The Hall–Kier alpha value is -5.21. The summed E-state index contributed by atoms with van der Waals surface area (Å²) in [6.45, 7) is 0. The molecule has 2 nitrogen and oxygen atoms in total. The van der Waals surface area contributed by atoms with Gasteiger partial charge in [-0.05, 0) is 92.7 Å². The molecule has 41 heavy (non-hydrogen) atoms. The van der Waals surface area contributed by atoms with Gasteiger partial charge in [0.2, 0.25) is 0 Å². The van der Waals surface area contributed by atoms with Gasteiger partial charge in [0, 0.05) is 28.0 Å². The van der Waals surface area contributed by atoms with Gasteiger partial charge >= 0.3 is 0 Å². The number of hydrogen-bond acceptors (Lipinski definition) is 2. The lowest BCUT2D eigenvalue weighted by Gasteiger charge is -2.14. The largest absolute Gasteiger partial charge is 0.455 e. The molecule has 0 amide bonds. The van der Waals surface area contributed by atoms with Gasteiger partial charge in [0.25, 0.3) is 0 Å². The van der Waals surface area contributed by atoms with Crippen molar-refractivity contribution in [1.29, 1.82) is 5.41 Å². The number of rotatable bonds is 4. The summed E-state index contributed by atoms with van der Waals surface area (Å²) in [7, 11) is 0. The van der Waals surface area contributed by atoms with Gasteiger partial charge in [0.15, 0.2) is 0 Å². The zero-order valence-corrected chi connectivity index (χ0v) is 22.5. The SMILES string of the molecule is N=C(c1ccc2oc3c(-c4ccc5ccccc5c4)cc(-c4ccc5ccccc5c4)cc3c2c1)C1C=CC=CC1. The summed E-state index contributed by atoms with van der Waals surface area (Å²) < 4.78 is 6.60. The summed E-state index contributed by atoms with van der Waals surface area (Å²) in [5.41, 5.74) is 7.82. The van der Waals surface area contributed by atoms with E-state index < -0.39 is 0 Å². The number of furan rings is 1. The Labute approximate surface area is 238 Å². The normalized spacial score (nSPS) is 14.9. The van der Waals surface area contributed by atoms with E-state index in [0.717, 1.165) is 50.6 Å². The maximum Gasteiger partial charge on any atom is 0.143 e. The van der Waals surface area contributed by atoms with Crippen LogP contribution in [0.2, 0.25) is 0 Å². The molecule has 8 rings (SSSR count). The van der Waals surface area contributed by atoms with Crippen molar-refractivity contribution in [1.82, 2.24) is 0 Å². The number of benzene rings is 6. The lowest BCUT2D eigenvalue weighted by atomic mass is 9.90. The first-order valence-corrected chi connectivity index (χ1v) is 14.1. The van der Waals surface area contributed by atoms with Crippen molar-refractivity contribution < 1.29 is 4.42 Å². The van der Waals surface area contributed by atoms with Crippen molar-refractivity contribution in [3.8, 4) is 22.3 Å². The molecular formula is C39H27NO. The first kappa shape index (κ1) is 23.7. The van der Waals surface area contributed by atoms with Gasteiger partial charge in [-0.25, -0.2) is 0 Å². The van der Waals surface area contributed by atoms with Crippen LogP contribution in [0.5, 0.6) is 0 Å². The molecule has 7 aromatic rings. The predicted molar refractivity (Wildman–Crippen MR) is 173 cm³/mol. The van der Waals surface area contributed by atoms with Gasteiger partial charge < -0.3 is 9.83 Å². The third-order valence-electron chi connectivity index (χ3n) is 8.38. The molecule has 194 valence electrons. The van der Waals surface area contributed by atoms with E-state index >= 15 is 0 Å². The minimum atomic E-state index is 0.0944. The van der Waals surface area contributed by atoms with Crippen LogP contribution < -0.4 is 0 Å². The number of hydrogen-bond donors (Lipinski definition) is 1. The molecule has 1 aliphatic carbocycles. The van der Waals surface area contributed by atoms with Crippen LogP contribution in [-0.4, -0.2) is 5.71 Å². The van der Waals surface area contributed by atoms with Crippen molar-refractivity contribution in [2.45, 2.75) is 6.42 Å². The Morgan fingerprint density at radius 2 is 1.32 bits per heavy atom. The van der Waals surface area contributed by atoms with E-state index in [1.807, 2.05) is 18.2 Å². The molecule has 0 saturated heterocycles. The van der Waals surface area contributed by atoms with Gasteiger partial charge in [-0.3, -0.25) is 0 Å². The Kier molecular flexibility index (Phi) is 5.46. The average molecular weight is 526 g/mol. The van der Waals surface area contributed by atoms with Crippen molar-refractivity contribution in [3.63, 3.8) is 0 Å².